The van der Waals surface area contributed by atoms with Crippen molar-refractivity contribution in [2.75, 3.05) is 0 Å². The van der Waals surface area contributed by atoms with Crippen molar-refractivity contribution in [3.8, 4) is 0 Å². The second kappa shape index (κ2) is 4.58. The fraction of sp³-hybridized carbons (Fsp3) is 0. The van der Waals surface area contributed by atoms with Crippen LogP contribution in [0.5, 0.6) is 0 Å². The van der Waals surface area contributed by atoms with E-state index in [-0.39, 0.29) is 16.8 Å². The van der Waals surface area contributed by atoms with E-state index >= 15 is 0 Å². The molecule has 0 fully saturated rings. The first-order valence-electron chi connectivity index (χ1n) is 0.532. The van der Waals surface area contributed by atoms with Crippen LogP contribution in [-0.2, 0) is 28.1 Å². The normalized spacial score (nSPS) is 7.00. The first-order valence-corrected chi connectivity index (χ1v) is 1.60. The summed E-state index contributed by atoms with van der Waals surface area (Å²) < 4.78 is 22.8. The minimum atomic E-state index is -2.61. The van der Waals surface area contributed by atoms with Crippen LogP contribution in [-0.4, -0.2) is 13.3 Å². The van der Waals surface area contributed by atoms with Gasteiger partial charge < -0.3 is 0 Å². The molecule has 2 N–H and O–H groups in total. The fourth-order valence-electron chi connectivity index (χ4n) is 0. The van der Waals surface area contributed by atoms with E-state index in [0.717, 1.165) is 0 Å². The molecule has 0 rings (SSSR count). The van der Waals surface area contributed by atoms with Gasteiger partial charge in [0.05, 0.1) is 0 Å². The first kappa shape index (κ1) is 9.13. The Labute approximate surface area is 42.1 Å². The van der Waals surface area contributed by atoms with Gasteiger partial charge in [0.25, 0.3) is 11.4 Å². The van der Waals surface area contributed by atoms with Crippen molar-refractivity contribution in [3.05, 3.63) is 0 Å². The monoisotopic (exact) mass is 141 g/mol. The van der Waals surface area contributed by atoms with Crippen molar-refractivity contribution in [2.24, 2.45) is 0 Å². The van der Waals surface area contributed by atoms with Crippen LogP contribution >= 0.6 is 0 Å². The van der Waals surface area contributed by atoms with E-state index in [9.17, 15) is 0 Å². The van der Waals surface area contributed by atoms with Crippen LogP contribution in [0.15, 0.2) is 0 Å². The van der Waals surface area contributed by atoms with Crippen molar-refractivity contribution >= 4 is 11.4 Å². The molecule has 5 heavy (non-hydrogen) atoms. The summed E-state index contributed by atoms with van der Waals surface area (Å²) in [5.41, 5.74) is 0. The third kappa shape index (κ3) is 91.4. The molecule has 0 unspecified atom stereocenters. The molecule has 0 atom stereocenters. The van der Waals surface area contributed by atoms with Crippen LogP contribution in [0, 0.1) is 0 Å². The molecule has 0 aliphatic heterocycles. The van der Waals surface area contributed by atoms with Gasteiger partial charge in [0, 0.05) is 16.8 Å². The summed E-state index contributed by atoms with van der Waals surface area (Å²) in [6, 6.07) is 0. The first-order chi connectivity index (χ1) is 1.73. The maximum absolute atomic E-state index is 8.67. The Morgan fingerprint density at radius 2 is 1.40 bits per heavy atom. The minimum Gasteiger partial charge on any atom is -0.284 e. The third-order valence-corrected chi connectivity index (χ3v) is 0. The molecule has 0 aromatic heterocycles. The molecule has 0 aliphatic carbocycles. The van der Waals surface area contributed by atoms with E-state index < -0.39 is 11.4 Å². The maximum Gasteiger partial charge on any atom is 0.299 e. The Morgan fingerprint density at radius 1 is 1.40 bits per heavy atom. The molecule has 0 saturated heterocycles. The predicted octanol–water partition coefficient (Wildman–Crippen LogP) is -0.321. The number of hydrogen-bond donors (Lipinski definition) is 2. The van der Waals surface area contributed by atoms with Gasteiger partial charge in [-0.2, -0.15) is 4.21 Å². The Balaban J connectivity index is 0. The van der Waals surface area contributed by atoms with Crippen molar-refractivity contribution in [2.45, 2.75) is 0 Å². The quantitative estimate of drug-likeness (QED) is 0.454. The molecule has 0 bridgehead atoms. The molecule has 0 saturated carbocycles. The van der Waals surface area contributed by atoms with Gasteiger partial charge in [0.1, 0.15) is 0 Å². The Kier molecular flexibility index (Phi) is 8.36. The SMILES string of the molecule is O=S(O)O.[Co]. The average Bonchev–Trinajstić information content (AvgIpc) is 0.811. The van der Waals surface area contributed by atoms with Crippen molar-refractivity contribution in [3.63, 3.8) is 0 Å². The average molecular weight is 141 g/mol. The molecule has 0 spiro atoms. The summed E-state index contributed by atoms with van der Waals surface area (Å²) in [6.07, 6.45) is 0. The molecule has 0 aromatic rings. The third-order valence-electron chi connectivity index (χ3n) is 0. The van der Waals surface area contributed by atoms with E-state index in [1.54, 1.807) is 0 Å². The van der Waals surface area contributed by atoms with Gasteiger partial charge in [0.2, 0.25) is 0 Å². The number of rotatable bonds is 0. The molecule has 0 heterocycles. The zero-order valence-electron chi connectivity index (χ0n) is 2.04. The van der Waals surface area contributed by atoms with Crippen molar-refractivity contribution < 1.29 is 30.1 Å². The van der Waals surface area contributed by atoms with Crippen molar-refractivity contribution in [1.82, 2.24) is 0 Å². The molecule has 1 radical (unpaired) electrons. The van der Waals surface area contributed by atoms with Gasteiger partial charge in [-0.05, 0) is 0 Å². The van der Waals surface area contributed by atoms with E-state index in [2.05, 4.69) is 0 Å². The maximum atomic E-state index is 8.67. The second-order valence-electron chi connectivity index (χ2n) is 0.231. The van der Waals surface area contributed by atoms with Gasteiger partial charge in [-0.15, -0.1) is 0 Å². The molecule has 0 aliphatic rings. The number of hydrogen-bond acceptors (Lipinski definition) is 1. The van der Waals surface area contributed by atoms with Gasteiger partial charge in [0.15, 0.2) is 0 Å². The van der Waals surface area contributed by atoms with Crippen LogP contribution in [0.2, 0.25) is 0 Å². The summed E-state index contributed by atoms with van der Waals surface area (Å²) in [4.78, 5) is 0. The topological polar surface area (TPSA) is 57.5 Å². The Hall–Kier alpha value is 0.576. The largest absolute Gasteiger partial charge is 0.299 e. The summed E-state index contributed by atoms with van der Waals surface area (Å²) in [5.74, 6) is 0. The summed E-state index contributed by atoms with van der Waals surface area (Å²) >= 11 is -2.61. The molecule has 3 nitrogen and oxygen atoms in total. The Bertz CT molecular complexity index is 29.9. The summed E-state index contributed by atoms with van der Waals surface area (Å²) in [7, 11) is 0. The van der Waals surface area contributed by atoms with E-state index in [1.807, 2.05) is 0 Å². The van der Waals surface area contributed by atoms with E-state index in [0.29, 0.717) is 0 Å². The van der Waals surface area contributed by atoms with Crippen LogP contribution in [0.1, 0.15) is 0 Å². The standard InChI is InChI=1S/Co.H2O3S/c;1-4(2)3/h;(H2,1,2,3). The zero-order valence-corrected chi connectivity index (χ0v) is 3.90. The molecule has 0 amide bonds. The predicted molar refractivity (Wildman–Crippen MR) is 13.4 cm³/mol. The molecular weight excluding hydrogens is 139 g/mol. The zero-order chi connectivity index (χ0) is 3.58. The summed E-state index contributed by atoms with van der Waals surface area (Å²) in [6.45, 7) is 0. The van der Waals surface area contributed by atoms with Crippen LogP contribution in [0.4, 0.5) is 0 Å². The molecule has 5 heteroatoms. The van der Waals surface area contributed by atoms with Gasteiger partial charge in [-0.1, -0.05) is 0 Å². The second-order valence-corrected chi connectivity index (χ2v) is 0.692. The van der Waals surface area contributed by atoms with Crippen LogP contribution in [0.3, 0.4) is 0 Å². The fourth-order valence-corrected chi connectivity index (χ4v) is 0. The summed E-state index contributed by atoms with van der Waals surface area (Å²) in [5, 5.41) is 0. The van der Waals surface area contributed by atoms with Gasteiger partial charge >= 0.3 is 0 Å². The Morgan fingerprint density at radius 3 is 1.40 bits per heavy atom. The molecular formula is H2CoO3S. The molecule has 35 valence electrons. The molecule has 0 aromatic carbocycles. The van der Waals surface area contributed by atoms with Crippen LogP contribution < -0.4 is 0 Å². The van der Waals surface area contributed by atoms with Crippen molar-refractivity contribution in [1.29, 1.82) is 0 Å². The minimum absolute atomic E-state index is 0. The van der Waals surface area contributed by atoms with Gasteiger partial charge in [-0.25, -0.2) is 0 Å². The van der Waals surface area contributed by atoms with E-state index in [1.165, 1.54) is 0 Å². The van der Waals surface area contributed by atoms with Gasteiger partial charge in [-0.3, -0.25) is 9.11 Å². The van der Waals surface area contributed by atoms with E-state index in [4.69, 9.17) is 13.3 Å². The smallest absolute Gasteiger partial charge is 0.284 e. The van der Waals surface area contributed by atoms with Crippen LogP contribution in [0.25, 0.3) is 0 Å².